The molecule has 2 aliphatic carbocycles. The van der Waals surface area contributed by atoms with E-state index in [1.165, 1.54) is 19.3 Å². The summed E-state index contributed by atoms with van der Waals surface area (Å²) in [5.41, 5.74) is 2.21. The van der Waals surface area contributed by atoms with Crippen LogP contribution in [0.5, 0.6) is 0 Å². The first-order chi connectivity index (χ1) is 15.2. The minimum absolute atomic E-state index is 0.0358. The van der Waals surface area contributed by atoms with Gasteiger partial charge in [0.1, 0.15) is 0 Å². The molecule has 1 aliphatic heterocycles. The third kappa shape index (κ3) is 3.54. The smallest absolute Gasteiger partial charge is 0.254 e. The number of hydrogen-bond acceptors (Lipinski definition) is 3. The highest BCUT2D eigenvalue weighted by Gasteiger charge is 2.56. The van der Waals surface area contributed by atoms with Crippen LogP contribution in [0.4, 0.5) is 0 Å². The first-order valence-electron chi connectivity index (χ1n) is 11.8. The van der Waals surface area contributed by atoms with E-state index in [4.69, 9.17) is 0 Å². The van der Waals surface area contributed by atoms with Gasteiger partial charge in [0.25, 0.3) is 5.91 Å². The Morgan fingerprint density at radius 3 is 2.55 bits per heavy atom. The van der Waals surface area contributed by atoms with E-state index >= 15 is 0 Å². The average molecular weight is 418 g/mol. The fourth-order valence-corrected chi connectivity index (χ4v) is 6.27. The zero-order valence-corrected chi connectivity index (χ0v) is 18.1. The zero-order valence-electron chi connectivity index (χ0n) is 18.1. The van der Waals surface area contributed by atoms with Crippen molar-refractivity contribution in [3.8, 4) is 0 Å². The number of nitrogens with one attached hydrogen (secondary N) is 1. The van der Waals surface area contributed by atoms with Gasteiger partial charge >= 0.3 is 0 Å². The van der Waals surface area contributed by atoms with E-state index < -0.39 is 5.54 Å². The molecular weight excluding hydrogens is 386 g/mol. The van der Waals surface area contributed by atoms with E-state index in [2.05, 4.69) is 15.2 Å². The van der Waals surface area contributed by atoms with Crippen molar-refractivity contribution >= 4 is 11.8 Å². The molecule has 5 heteroatoms. The number of carbonyl (C=O) groups is 2. The maximum Gasteiger partial charge on any atom is 0.254 e. The maximum atomic E-state index is 13.8. The molecule has 1 spiro atoms. The van der Waals surface area contributed by atoms with Gasteiger partial charge in [-0.25, -0.2) is 0 Å². The highest BCUT2D eigenvalue weighted by molar-refractivity contribution is 6.02. The summed E-state index contributed by atoms with van der Waals surface area (Å²) in [6, 6.07) is 11.9. The highest BCUT2D eigenvalue weighted by Crippen LogP contribution is 2.51. The van der Waals surface area contributed by atoms with E-state index in [1.54, 1.807) is 12.4 Å². The van der Waals surface area contributed by atoms with Crippen LogP contribution in [-0.4, -0.2) is 33.3 Å². The van der Waals surface area contributed by atoms with Crippen LogP contribution in [0.25, 0.3) is 0 Å². The largest absolute Gasteiger partial charge is 0.351 e. The summed E-state index contributed by atoms with van der Waals surface area (Å²) in [7, 11) is 0. The van der Waals surface area contributed by atoms with Crippen molar-refractivity contribution in [2.45, 2.75) is 81.8 Å². The first kappa shape index (κ1) is 20.2. The van der Waals surface area contributed by atoms with Crippen LogP contribution in [-0.2, 0) is 11.3 Å². The predicted octanol–water partition coefficient (Wildman–Crippen LogP) is 4.58. The van der Waals surface area contributed by atoms with Gasteiger partial charge in [0.2, 0.25) is 5.91 Å². The number of fused-ring (bicyclic) bond motifs is 1. The molecule has 2 heterocycles. The second-order valence-corrected chi connectivity index (χ2v) is 9.38. The van der Waals surface area contributed by atoms with Gasteiger partial charge in [-0.15, -0.1) is 0 Å². The molecule has 0 bridgehead atoms. The Morgan fingerprint density at radius 1 is 1.03 bits per heavy atom. The molecule has 5 rings (SSSR count). The topological polar surface area (TPSA) is 62.3 Å². The lowest BCUT2D eigenvalue weighted by molar-refractivity contribution is -0.128. The van der Waals surface area contributed by atoms with Gasteiger partial charge in [0, 0.05) is 30.5 Å². The molecule has 2 saturated carbocycles. The number of nitrogens with zero attached hydrogens (tertiary/aromatic N) is 2. The van der Waals surface area contributed by atoms with Crippen LogP contribution >= 0.6 is 0 Å². The lowest BCUT2D eigenvalue weighted by Crippen LogP contribution is -2.65. The van der Waals surface area contributed by atoms with Gasteiger partial charge in [-0.1, -0.05) is 56.4 Å². The number of rotatable bonds is 4. The van der Waals surface area contributed by atoms with Crippen molar-refractivity contribution in [1.29, 1.82) is 0 Å². The van der Waals surface area contributed by atoms with Crippen LogP contribution in [0.1, 0.15) is 85.2 Å². The van der Waals surface area contributed by atoms with Crippen LogP contribution in [0.15, 0.2) is 48.8 Å². The number of pyridine rings is 1. The van der Waals surface area contributed by atoms with Crippen LogP contribution < -0.4 is 5.32 Å². The fourth-order valence-electron chi connectivity index (χ4n) is 6.27. The minimum Gasteiger partial charge on any atom is -0.351 e. The molecule has 1 aromatic carbocycles. The number of amides is 2. The van der Waals surface area contributed by atoms with E-state index in [1.807, 2.05) is 36.4 Å². The van der Waals surface area contributed by atoms with Crippen molar-refractivity contribution in [3.05, 3.63) is 65.5 Å². The summed E-state index contributed by atoms with van der Waals surface area (Å²) in [5.74, 6) is -0.145. The molecule has 0 saturated heterocycles. The molecule has 1 N–H and O–H groups in total. The number of hydrogen-bond donors (Lipinski definition) is 1. The quantitative estimate of drug-likeness (QED) is 0.792. The minimum atomic E-state index is -0.405. The number of aromatic nitrogens is 1. The summed E-state index contributed by atoms with van der Waals surface area (Å²) >= 11 is 0. The van der Waals surface area contributed by atoms with E-state index in [0.29, 0.717) is 12.1 Å². The monoisotopic (exact) mass is 417 g/mol. The van der Waals surface area contributed by atoms with E-state index in [-0.39, 0.29) is 23.8 Å². The van der Waals surface area contributed by atoms with Crippen molar-refractivity contribution < 1.29 is 9.59 Å². The fraction of sp³-hybridized carbons (Fsp3) is 0.500. The van der Waals surface area contributed by atoms with Gasteiger partial charge in [-0.05, 0) is 48.9 Å². The molecule has 2 amide bonds. The lowest BCUT2D eigenvalue weighted by atomic mass is 9.64. The molecule has 1 aromatic heterocycles. The third-order valence-electron chi connectivity index (χ3n) is 7.60. The molecule has 0 radical (unpaired) electrons. The molecule has 2 aromatic rings. The van der Waals surface area contributed by atoms with Gasteiger partial charge in [-0.2, -0.15) is 0 Å². The van der Waals surface area contributed by atoms with Crippen LogP contribution in [0, 0.1) is 0 Å². The summed E-state index contributed by atoms with van der Waals surface area (Å²) in [6.45, 7) is 0.457. The van der Waals surface area contributed by atoms with Gasteiger partial charge < -0.3 is 10.2 Å². The van der Waals surface area contributed by atoms with Crippen molar-refractivity contribution in [3.63, 3.8) is 0 Å². The second-order valence-electron chi connectivity index (χ2n) is 9.38. The molecule has 0 unspecified atom stereocenters. The van der Waals surface area contributed by atoms with Crippen molar-refractivity contribution in [2.24, 2.45) is 0 Å². The Morgan fingerprint density at radius 2 is 1.81 bits per heavy atom. The second kappa shape index (κ2) is 8.45. The summed E-state index contributed by atoms with van der Waals surface area (Å²) in [4.78, 5) is 34.0. The molecular formula is C26H31N3O2. The molecule has 31 heavy (non-hydrogen) atoms. The molecule has 5 nitrogen and oxygen atoms in total. The number of carbonyl (C=O) groups excluding carboxylic acids is 2. The number of benzene rings is 1. The normalized spacial score (nSPS) is 23.0. The summed E-state index contributed by atoms with van der Waals surface area (Å²) < 4.78 is 0. The SMILES string of the molecule is O=C(NCc1cccnc1)[C@@H]1c2ccccc2C(=O)N(C2CCCC2)C12CCCCC2. The molecule has 1 atom stereocenters. The average Bonchev–Trinajstić information content (AvgIpc) is 3.33. The van der Waals surface area contributed by atoms with Gasteiger partial charge in [-0.3, -0.25) is 14.6 Å². The zero-order chi connectivity index (χ0) is 21.3. The standard InChI is InChI=1S/C26H31N3O2/c30-24(28-18-19-9-8-16-27-17-19)23-21-12-4-5-13-22(21)25(31)29(20-10-2-3-11-20)26(23)14-6-1-7-15-26/h4-5,8-9,12-13,16-17,20,23H,1-3,6-7,10-11,14-15,18H2,(H,28,30)/t23-/m0/s1. The Labute approximate surface area is 184 Å². The lowest BCUT2D eigenvalue weighted by Gasteiger charge is -2.56. The van der Waals surface area contributed by atoms with Gasteiger partial charge in [0.15, 0.2) is 0 Å². The summed E-state index contributed by atoms with van der Waals surface area (Å²) in [6.07, 6.45) is 13.1. The van der Waals surface area contributed by atoms with E-state index in [0.717, 1.165) is 49.7 Å². The summed E-state index contributed by atoms with van der Waals surface area (Å²) in [5, 5.41) is 3.19. The third-order valence-corrected chi connectivity index (χ3v) is 7.60. The highest BCUT2D eigenvalue weighted by atomic mass is 16.2. The molecule has 162 valence electrons. The van der Waals surface area contributed by atoms with Crippen molar-refractivity contribution in [1.82, 2.24) is 15.2 Å². The van der Waals surface area contributed by atoms with Gasteiger partial charge in [0.05, 0.1) is 11.5 Å². The molecule has 2 fully saturated rings. The van der Waals surface area contributed by atoms with E-state index in [9.17, 15) is 9.59 Å². The molecule has 3 aliphatic rings. The van der Waals surface area contributed by atoms with Crippen LogP contribution in [0.2, 0.25) is 0 Å². The Hall–Kier alpha value is -2.69. The van der Waals surface area contributed by atoms with Crippen molar-refractivity contribution in [2.75, 3.05) is 0 Å². The predicted molar refractivity (Wildman–Crippen MR) is 120 cm³/mol. The Balaban J connectivity index is 1.56. The first-order valence-corrected chi connectivity index (χ1v) is 11.8. The Kier molecular flexibility index (Phi) is 5.51. The Bertz CT molecular complexity index is 946. The maximum absolute atomic E-state index is 13.8. The van der Waals surface area contributed by atoms with Crippen LogP contribution in [0.3, 0.4) is 0 Å².